The van der Waals surface area contributed by atoms with Crippen LogP contribution in [0, 0.1) is 0 Å². The van der Waals surface area contributed by atoms with Crippen LogP contribution in [0.25, 0.3) is 22.3 Å². The van der Waals surface area contributed by atoms with E-state index in [2.05, 4.69) is 0 Å². The fraction of sp³-hybridized carbons (Fsp3) is 0.0645. The van der Waals surface area contributed by atoms with Crippen LogP contribution >= 0.6 is 0 Å². The lowest BCUT2D eigenvalue weighted by atomic mass is 10.00. The van der Waals surface area contributed by atoms with Gasteiger partial charge in [-0.2, -0.15) is 0 Å². The highest BCUT2D eigenvalue weighted by Gasteiger charge is 2.23. The van der Waals surface area contributed by atoms with Crippen LogP contribution in [0.1, 0.15) is 26.3 Å². The Balaban J connectivity index is 1.70. The zero-order valence-corrected chi connectivity index (χ0v) is 20.6. The van der Waals surface area contributed by atoms with Gasteiger partial charge in [-0.25, -0.2) is 4.79 Å². The van der Waals surface area contributed by atoms with Gasteiger partial charge in [0.05, 0.1) is 25.2 Å². The molecular formula is C31H22O7. The van der Waals surface area contributed by atoms with Gasteiger partial charge in [0.25, 0.3) is 0 Å². The Morgan fingerprint density at radius 2 is 1.29 bits per heavy atom. The molecule has 0 aliphatic heterocycles. The molecule has 0 radical (unpaired) electrons. The van der Waals surface area contributed by atoms with E-state index >= 15 is 0 Å². The molecule has 38 heavy (non-hydrogen) atoms. The minimum absolute atomic E-state index is 0.00159. The van der Waals surface area contributed by atoms with E-state index in [1.807, 2.05) is 6.07 Å². The number of ketones is 1. The van der Waals surface area contributed by atoms with Crippen LogP contribution in [-0.4, -0.2) is 26.0 Å². The van der Waals surface area contributed by atoms with Gasteiger partial charge < -0.3 is 18.6 Å². The lowest BCUT2D eigenvalue weighted by Crippen LogP contribution is -2.16. The summed E-state index contributed by atoms with van der Waals surface area (Å²) in [6.07, 6.45) is 0. The van der Waals surface area contributed by atoms with Crippen molar-refractivity contribution in [1.29, 1.82) is 0 Å². The number of rotatable bonds is 7. The molecule has 0 atom stereocenters. The Morgan fingerprint density at radius 3 is 1.95 bits per heavy atom. The van der Waals surface area contributed by atoms with Crippen molar-refractivity contribution in [3.05, 3.63) is 124 Å². The largest absolute Gasteiger partial charge is 0.493 e. The van der Waals surface area contributed by atoms with Crippen molar-refractivity contribution in [2.75, 3.05) is 14.2 Å². The van der Waals surface area contributed by atoms with Crippen LogP contribution in [0.4, 0.5) is 0 Å². The Labute approximate surface area is 217 Å². The first-order valence-electron chi connectivity index (χ1n) is 11.7. The molecule has 0 saturated carbocycles. The zero-order chi connectivity index (χ0) is 26.6. The summed E-state index contributed by atoms with van der Waals surface area (Å²) in [5.41, 5.74) is 1.16. The molecular weight excluding hydrogens is 484 g/mol. The fourth-order valence-corrected chi connectivity index (χ4v) is 4.07. The second kappa shape index (κ2) is 10.4. The Bertz CT molecular complexity index is 1700. The SMILES string of the molecule is COc1cc2oc(-c3cccc(C(=O)c4ccccc4)c3)c(OC(=O)c3ccccc3)c(=O)c2cc1OC. The minimum Gasteiger partial charge on any atom is -0.493 e. The molecule has 0 spiro atoms. The maximum atomic E-state index is 13.7. The van der Waals surface area contributed by atoms with Crippen molar-refractivity contribution in [2.45, 2.75) is 0 Å². The van der Waals surface area contributed by atoms with Gasteiger partial charge in [-0.15, -0.1) is 0 Å². The predicted molar refractivity (Wildman–Crippen MR) is 142 cm³/mol. The average molecular weight is 507 g/mol. The van der Waals surface area contributed by atoms with Crippen LogP contribution < -0.4 is 19.6 Å². The Hall–Kier alpha value is -5.17. The molecule has 0 fully saturated rings. The van der Waals surface area contributed by atoms with Crippen LogP contribution in [0.3, 0.4) is 0 Å². The first-order chi connectivity index (χ1) is 18.5. The highest BCUT2D eigenvalue weighted by atomic mass is 16.5. The summed E-state index contributed by atoms with van der Waals surface area (Å²) in [4.78, 5) is 39.8. The van der Waals surface area contributed by atoms with E-state index < -0.39 is 11.4 Å². The first kappa shape index (κ1) is 24.5. The molecule has 188 valence electrons. The fourth-order valence-electron chi connectivity index (χ4n) is 4.07. The second-order valence-corrected chi connectivity index (χ2v) is 8.32. The number of methoxy groups -OCH3 is 2. The van der Waals surface area contributed by atoms with Gasteiger partial charge in [0, 0.05) is 22.8 Å². The van der Waals surface area contributed by atoms with Crippen LogP contribution in [-0.2, 0) is 0 Å². The number of ether oxygens (including phenoxy) is 3. The number of fused-ring (bicyclic) bond motifs is 1. The topological polar surface area (TPSA) is 92.0 Å². The van der Waals surface area contributed by atoms with Gasteiger partial charge in [-0.1, -0.05) is 66.7 Å². The minimum atomic E-state index is -0.726. The number of esters is 1. The van der Waals surface area contributed by atoms with E-state index in [4.69, 9.17) is 18.6 Å². The molecule has 5 rings (SSSR count). The van der Waals surface area contributed by atoms with Crippen molar-refractivity contribution >= 4 is 22.7 Å². The van der Waals surface area contributed by atoms with Crippen molar-refractivity contribution in [1.82, 2.24) is 0 Å². The van der Waals surface area contributed by atoms with Gasteiger partial charge in [-0.3, -0.25) is 9.59 Å². The lowest BCUT2D eigenvalue weighted by Gasteiger charge is -2.13. The van der Waals surface area contributed by atoms with E-state index in [0.717, 1.165) is 0 Å². The molecule has 7 heteroatoms. The third-order valence-corrected chi connectivity index (χ3v) is 5.98. The van der Waals surface area contributed by atoms with Gasteiger partial charge >= 0.3 is 5.97 Å². The summed E-state index contributed by atoms with van der Waals surface area (Å²) >= 11 is 0. The van der Waals surface area contributed by atoms with E-state index in [1.54, 1.807) is 78.9 Å². The van der Waals surface area contributed by atoms with E-state index in [1.165, 1.54) is 26.4 Å². The van der Waals surface area contributed by atoms with Gasteiger partial charge in [0.2, 0.25) is 11.2 Å². The average Bonchev–Trinajstić information content (AvgIpc) is 2.98. The molecule has 5 aromatic rings. The molecule has 4 aromatic carbocycles. The summed E-state index contributed by atoms with van der Waals surface area (Å²) in [5.74, 6) is -0.558. The molecule has 0 saturated heterocycles. The molecule has 0 aliphatic rings. The predicted octanol–water partition coefficient (Wildman–Crippen LogP) is 5.93. The maximum absolute atomic E-state index is 13.7. The monoisotopic (exact) mass is 506 g/mol. The highest BCUT2D eigenvalue weighted by Crippen LogP contribution is 2.37. The third-order valence-electron chi connectivity index (χ3n) is 5.98. The second-order valence-electron chi connectivity index (χ2n) is 8.32. The number of benzene rings is 4. The smallest absolute Gasteiger partial charge is 0.343 e. The number of hydrogen-bond acceptors (Lipinski definition) is 7. The number of hydrogen-bond donors (Lipinski definition) is 0. The molecule has 0 N–H and O–H groups in total. The summed E-state index contributed by atoms with van der Waals surface area (Å²) in [7, 11) is 2.92. The quantitative estimate of drug-likeness (QED) is 0.200. The first-order valence-corrected chi connectivity index (χ1v) is 11.7. The van der Waals surface area contributed by atoms with Crippen molar-refractivity contribution in [3.8, 4) is 28.6 Å². The van der Waals surface area contributed by atoms with Crippen molar-refractivity contribution in [3.63, 3.8) is 0 Å². The Morgan fingerprint density at radius 1 is 0.684 bits per heavy atom. The zero-order valence-electron chi connectivity index (χ0n) is 20.6. The van der Waals surface area contributed by atoms with Crippen molar-refractivity contribution < 1.29 is 28.2 Å². The molecule has 0 aliphatic carbocycles. The van der Waals surface area contributed by atoms with E-state index in [0.29, 0.717) is 28.2 Å². The normalized spacial score (nSPS) is 10.7. The molecule has 0 amide bonds. The molecule has 1 aromatic heterocycles. The summed E-state index contributed by atoms with van der Waals surface area (Å²) in [6, 6.07) is 26.7. The summed E-state index contributed by atoms with van der Waals surface area (Å²) < 4.78 is 22.5. The molecule has 0 bridgehead atoms. The third kappa shape index (κ3) is 4.65. The maximum Gasteiger partial charge on any atom is 0.343 e. The standard InChI is InChI=1S/C31H22O7/c1-35-25-17-23-24(18-26(25)36-2)37-29(30(28(23)33)38-31(34)20-12-7-4-8-13-20)22-15-9-14-21(16-22)27(32)19-10-5-3-6-11-19/h3-18H,1-2H3. The van der Waals surface area contributed by atoms with Gasteiger partial charge in [0.15, 0.2) is 23.0 Å². The Kier molecular flexibility index (Phi) is 6.74. The number of carbonyl (C=O) groups excluding carboxylic acids is 2. The lowest BCUT2D eigenvalue weighted by molar-refractivity contribution is 0.0731. The van der Waals surface area contributed by atoms with Crippen LogP contribution in [0.5, 0.6) is 17.2 Å². The van der Waals surface area contributed by atoms with E-state index in [-0.39, 0.29) is 33.8 Å². The summed E-state index contributed by atoms with van der Waals surface area (Å²) in [6.45, 7) is 0. The van der Waals surface area contributed by atoms with Gasteiger partial charge in [0.1, 0.15) is 5.58 Å². The van der Waals surface area contributed by atoms with Crippen LogP contribution in [0.15, 0.2) is 106 Å². The summed E-state index contributed by atoms with van der Waals surface area (Å²) in [5, 5.41) is 0.138. The molecule has 0 unspecified atom stereocenters. The van der Waals surface area contributed by atoms with E-state index in [9.17, 15) is 14.4 Å². The van der Waals surface area contributed by atoms with Crippen molar-refractivity contribution in [2.24, 2.45) is 0 Å². The molecule has 1 heterocycles. The highest BCUT2D eigenvalue weighted by molar-refractivity contribution is 6.09. The number of carbonyl (C=O) groups is 2. The molecule has 7 nitrogen and oxygen atoms in total. The van der Waals surface area contributed by atoms with Crippen LogP contribution in [0.2, 0.25) is 0 Å². The van der Waals surface area contributed by atoms with Gasteiger partial charge in [-0.05, 0) is 24.3 Å².